The Morgan fingerprint density at radius 1 is 1.25 bits per heavy atom. The molecule has 4 atom stereocenters. The number of likely N-dealkylation sites (N-methyl/N-ethyl adjacent to an activating group) is 1. The van der Waals surface area contributed by atoms with Crippen LogP contribution in [0.5, 0.6) is 0 Å². The molecule has 0 spiro atoms. The summed E-state index contributed by atoms with van der Waals surface area (Å²) in [4.78, 5) is 21.7. The fourth-order valence-corrected chi connectivity index (χ4v) is 4.95. The number of amides is 1. The van der Waals surface area contributed by atoms with Crippen molar-refractivity contribution < 1.29 is 9.53 Å². The molecule has 0 unspecified atom stereocenters. The summed E-state index contributed by atoms with van der Waals surface area (Å²) in [7, 11) is 4.31. The fourth-order valence-electron chi connectivity index (χ4n) is 4.95. The monoisotopic (exact) mass is 383 g/mol. The Morgan fingerprint density at radius 2 is 2.04 bits per heavy atom. The number of rotatable bonds is 5. The smallest absolute Gasteiger partial charge is 0.254 e. The molecule has 3 aliphatic rings. The van der Waals surface area contributed by atoms with Crippen molar-refractivity contribution >= 4 is 11.6 Å². The molecule has 0 radical (unpaired) electrons. The van der Waals surface area contributed by atoms with Crippen molar-refractivity contribution in [2.45, 2.75) is 37.8 Å². The fraction of sp³-hybridized carbons (Fsp3) is 0.667. The van der Waals surface area contributed by atoms with Gasteiger partial charge in [0.1, 0.15) is 6.33 Å². The predicted octanol–water partition coefficient (Wildman–Crippen LogP) is 1.94. The van der Waals surface area contributed by atoms with E-state index in [0.29, 0.717) is 35.2 Å². The van der Waals surface area contributed by atoms with Crippen molar-refractivity contribution in [1.82, 2.24) is 24.4 Å². The number of hydrogen-bond donors (Lipinski definition) is 0. The van der Waals surface area contributed by atoms with Crippen LogP contribution in [0.4, 0.5) is 0 Å². The molecular formula is C21H29N5O2. The lowest BCUT2D eigenvalue weighted by molar-refractivity contribution is -0.0493. The number of carbonyl (C=O) groups is 1. The second-order valence-corrected chi connectivity index (χ2v) is 9.03. The number of likely N-dealkylation sites (tertiary alicyclic amines) is 1. The normalized spacial score (nSPS) is 30.2. The van der Waals surface area contributed by atoms with E-state index >= 15 is 0 Å². The van der Waals surface area contributed by atoms with Crippen LogP contribution in [-0.4, -0.2) is 76.2 Å². The number of fused-ring (bicyclic) bond motifs is 2. The molecule has 2 aromatic rings. The molecule has 2 aliphatic carbocycles. The summed E-state index contributed by atoms with van der Waals surface area (Å²) in [6.07, 6.45) is 8.43. The van der Waals surface area contributed by atoms with Gasteiger partial charge in [0.05, 0.1) is 6.10 Å². The van der Waals surface area contributed by atoms with Crippen LogP contribution in [-0.2, 0) is 4.74 Å². The van der Waals surface area contributed by atoms with Crippen molar-refractivity contribution in [1.29, 1.82) is 0 Å². The standard InChI is InChI=1S/C21H29N5O2/c1-24(2)18-7-16-10-25(11-17(16)8-19(18)28-12-14-3-4-14)21(27)15-5-6-26-20(9-15)22-13-23-26/h5-6,9,13-14,16-19H,3-4,7-8,10-12H2,1-2H3/t16-,17+,18-,19-/m1/s1. The topological polar surface area (TPSA) is 63.0 Å². The Labute approximate surface area is 165 Å². The van der Waals surface area contributed by atoms with Gasteiger partial charge in [-0.3, -0.25) is 4.79 Å². The summed E-state index contributed by atoms with van der Waals surface area (Å²) in [6.45, 7) is 2.60. The van der Waals surface area contributed by atoms with Crippen LogP contribution in [0.1, 0.15) is 36.0 Å². The van der Waals surface area contributed by atoms with E-state index in [1.165, 1.54) is 19.2 Å². The molecule has 0 bridgehead atoms. The van der Waals surface area contributed by atoms with E-state index in [4.69, 9.17) is 4.74 Å². The molecule has 2 saturated carbocycles. The molecule has 1 amide bonds. The highest BCUT2D eigenvalue weighted by Gasteiger charge is 2.45. The molecule has 7 heteroatoms. The van der Waals surface area contributed by atoms with Crippen molar-refractivity contribution in [2.75, 3.05) is 33.8 Å². The second kappa shape index (κ2) is 7.12. The SMILES string of the molecule is CN(C)[C@@H]1C[C@@H]2CN(C(=O)c3ccn4ncnc4c3)C[C@@H]2C[C@H]1OCC1CC1. The lowest BCUT2D eigenvalue weighted by Crippen LogP contribution is -2.48. The molecule has 5 rings (SSSR count). The van der Waals surface area contributed by atoms with Gasteiger partial charge in [0, 0.05) is 37.5 Å². The summed E-state index contributed by atoms with van der Waals surface area (Å²) >= 11 is 0. The summed E-state index contributed by atoms with van der Waals surface area (Å²) in [6, 6.07) is 4.12. The number of carbonyl (C=O) groups excluding carboxylic acids is 1. The maximum Gasteiger partial charge on any atom is 0.254 e. The molecule has 28 heavy (non-hydrogen) atoms. The minimum Gasteiger partial charge on any atom is -0.376 e. The van der Waals surface area contributed by atoms with Crippen molar-refractivity contribution in [2.24, 2.45) is 17.8 Å². The quantitative estimate of drug-likeness (QED) is 0.790. The van der Waals surface area contributed by atoms with Crippen LogP contribution < -0.4 is 0 Å². The molecule has 150 valence electrons. The zero-order chi connectivity index (χ0) is 19.3. The molecule has 2 aromatic heterocycles. The van der Waals surface area contributed by atoms with Crippen LogP contribution in [0.15, 0.2) is 24.7 Å². The van der Waals surface area contributed by atoms with Crippen molar-refractivity contribution in [3.63, 3.8) is 0 Å². The predicted molar refractivity (Wildman–Crippen MR) is 105 cm³/mol. The number of nitrogens with zero attached hydrogens (tertiary/aromatic N) is 5. The van der Waals surface area contributed by atoms with Gasteiger partial charge in [-0.05, 0) is 69.7 Å². The van der Waals surface area contributed by atoms with E-state index in [9.17, 15) is 4.79 Å². The van der Waals surface area contributed by atoms with E-state index in [2.05, 4.69) is 29.1 Å². The van der Waals surface area contributed by atoms with Crippen LogP contribution in [0.2, 0.25) is 0 Å². The molecule has 0 aromatic carbocycles. The molecule has 7 nitrogen and oxygen atoms in total. The summed E-state index contributed by atoms with van der Waals surface area (Å²) < 4.78 is 8.03. The van der Waals surface area contributed by atoms with Crippen LogP contribution in [0.25, 0.3) is 5.65 Å². The summed E-state index contributed by atoms with van der Waals surface area (Å²) in [5, 5.41) is 4.10. The zero-order valence-electron chi connectivity index (χ0n) is 16.7. The highest BCUT2D eigenvalue weighted by molar-refractivity contribution is 5.95. The Balaban J connectivity index is 1.28. The van der Waals surface area contributed by atoms with Gasteiger partial charge in [0.25, 0.3) is 5.91 Å². The van der Waals surface area contributed by atoms with Crippen molar-refractivity contribution in [3.8, 4) is 0 Å². The van der Waals surface area contributed by atoms with E-state index < -0.39 is 0 Å². The second-order valence-electron chi connectivity index (χ2n) is 9.03. The van der Waals surface area contributed by atoms with E-state index in [0.717, 1.165) is 38.5 Å². The zero-order valence-corrected chi connectivity index (χ0v) is 16.7. The molecule has 3 heterocycles. The van der Waals surface area contributed by atoms with E-state index in [1.54, 1.807) is 4.52 Å². The highest BCUT2D eigenvalue weighted by Crippen LogP contribution is 2.40. The van der Waals surface area contributed by atoms with E-state index in [1.807, 2.05) is 23.2 Å². The molecule has 3 fully saturated rings. The first-order valence-corrected chi connectivity index (χ1v) is 10.4. The van der Waals surface area contributed by atoms with Crippen LogP contribution in [0, 0.1) is 17.8 Å². The van der Waals surface area contributed by atoms with Gasteiger partial charge in [-0.1, -0.05) is 0 Å². The maximum absolute atomic E-state index is 13.1. The Hall–Kier alpha value is -1.99. The average molecular weight is 383 g/mol. The van der Waals surface area contributed by atoms with Gasteiger partial charge in [-0.2, -0.15) is 5.10 Å². The van der Waals surface area contributed by atoms with Crippen molar-refractivity contribution in [3.05, 3.63) is 30.2 Å². The first-order valence-electron chi connectivity index (χ1n) is 10.4. The molecule has 0 N–H and O–H groups in total. The third-order valence-corrected chi connectivity index (χ3v) is 6.81. The first kappa shape index (κ1) is 18.1. The van der Waals surface area contributed by atoms with Gasteiger partial charge in [-0.25, -0.2) is 9.50 Å². The third-order valence-electron chi connectivity index (χ3n) is 6.81. The lowest BCUT2D eigenvalue weighted by Gasteiger charge is -2.41. The highest BCUT2D eigenvalue weighted by atomic mass is 16.5. The third kappa shape index (κ3) is 3.42. The van der Waals surface area contributed by atoms with Gasteiger partial charge >= 0.3 is 0 Å². The Morgan fingerprint density at radius 3 is 2.79 bits per heavy atom. The molecule has 1 aliphatic heterocycles. The minimum absolute atomic E-state index is 0.108. The maximum atomic E-state index is 13.1. The van der Waals surface area contributed by atoms with Gasteiger partial charge in [-0.15, -0.1) is 0 Å². The average Bonchev–Trinajstić information content (AvgIpc) is 3.24. The number of aromatic nitrogens is 3. The largest absolute Gasteiger partial charge is 0.376 e. The Kier molecular flexibility index (Phi) is 4.59. The summed E-state index contributed by atoms with van der Waals surface area (Å²) in [5.74, 6) is 2.00. The molecule has 1 saturated heterocycles. The van der Waals surface area contributed by atoms with Gasteiger partial charge in [0.15, 0.2) is 5.65 Å². The lowest BCUT2D eigenvalue weighted by atomic mass is 9.77. The van der Waals surface area contributed by atoms with Crippen LogP contribution >= 0.6 is 0 Å². The van der Waals surface area contributed by atoms with Crippen LogP contribution in [0.3, 0.4) is 0 Å². The number of ether oxygens (including phenoxy) is 1. The van der Waals surface area contributed by atoms with E-state index in [-0.39, 0.29) is 5.91 Å². The number of pyridine rings is 1. The summed E-state index contributed by atoms with van der Waals surface area (Å²) in [5.41, 5.74) is 1.41. The molecular weight excluding hydrogens is 354 g/mol. The van der Waals surface area contributed by atoms with Gasteiger partial charge in [0.2, 0.25) is 0 Å². The first-order chi connectivity index (χ1) is 13.6. The number of hydrogen-bond acceptors (Lipinski definition) is 5. The Bertz CT molecular complexity index is 861. The minimum atomic E-state index is 0.108. The van der Waals surface area contributed by atoms with Gasteiger partial charge < -0.3 is 14.5 Å².